The molecule has 0 aliphatic rings. The summed E-state index contributed by atoms with van der Waals surface area (Å²) < 4.78 is 5.76. The van der Waals surface area contributed by atoms with Gasteiger partial charge in [0, 0.05) is 13.1 Å². The van der Waals surface area contributed by atoms with Crippen LogP contribution >= 0.6 is 11.6 Å². The quantitative estimate of drug-likeness (QED) is 0.689. The normalized spacial score (nSPS) is 12.2. The Labute approximate surface area is 171 Å². The predicted molar refractivity (Wildman–Crippen MR) is 112 cm³/mol. The summed E-state index contributed by atoms with van der Waals surface area (Å²) in [5.74, 6) is 0.137. The zero-order valence-corrected chi connectivity index (χ0v) is 17.5. The van der Waals surface area contributed by atoms with Gasteiger partial charge in [-0.2, -0.15) is 0 Å². The summed E-state index contributed by atoms with van der Waals surface area (Å²) in [4.78, 5) is 24.3. The summed E-state index contributed by atoms with van der Waals surface area (Å²) in [6.07, 6.45) is -0.644. The fourth-order valence-corrected chi connectivity index (χ4v) is 2.76. The number of hydrogen-bond donors (Lipinski definition) is 2. The first-order valence-electron chi connectivity index (χ1n) is 9.26. The highest BCUT2D eigenvalue weighted by atomic mass is 35.5. The molecule has 0 heterocycles. The molecule has 2 aromatic rings. The Morgan fingerprint density at radius 3 is 2.39 bits per heavy atom. The second-order valence-corrected chi connectivity index (χ2v) is 7.97. The highest BCUT2D eigenvalue weighted by Gasteiger charge is 2.17. The third kappa shape index (κ3) is 6.27. The van der Waals surface area contributed by atoms with Crippen molar-refractivity contribution in [3.8, 4) is 5.75 Å². The van der Waals surface area contributed by atoms with Gasteiger partial charge in [0.1, 0.15) is 5.75 Å². The summed E-state index contributed by atoms with van der Waals surface area (Å²) in [5, 5.41) is 5.88. The molecule has 0 saturated carbocycles. The maximum absolute atomic E-state index is 12.2. The first-order chi connectivity index (χ1) is 13.2. The summed E-state index contributed by atoms with van der Waals surface area (Å²) in [5.41, 5.74) is 1.55. The average Bonchev–Trinajstić information content (AvgIpc) is 2.64. The number of ether oxygens (including phenoxy) is 1. The maximum Gasteiger partial charge on any atom is 0.260 e. The van der Waals surface area contributed by atoms with Gasteiger partial charge < -0.3 is 15.4 Å². The highest BCUT2D eigenvalue weighted by Crippen LogP contribution is 2.26. The molecule has 2 rings (SSSR count). The minimum atomic E-state index is -0.644. The Balaban J connectivity index is 1.79. The van der Waals surface area contributed by atoms with Crippen LogP contribution < -0.4 is 15.4 Å². The Morgan fingerprint density at radius 2 is 1.71 bits per heavy atom. The minimum absolute atomic E-state index is 0.00469. The fourth-order valence-electron chi connectivity index (χ4n) is 2.54. The van der Waals surface area contributed by atoms with Gasteiger partial charge in [0.15, 0.2) is 6.10 Å². The molecule has 5 nitrogen and oxygen atoms in total. The molecule has 0 aliphatic heterocycles. The largest absolute Gasteiger partial charge is 0.481 e. The summed E-state index contributed by atoms with van der Waals surface area (Å²) in [6.45, 7) is 8.66. The SMILES string of the molecule is CC(Oc1cccc(C(C)(C)C)c1)C(=O)NCCNC(=O)c1ccccc1Cl. The lowest BCUT2D eigenvalue weighted by atomic mass is 9.87. The number of amides is 2. The van der Waals surface area contributed by atoms with E-state index in [4.69, 9.17) is 16.3 Å². The fraction of sp³-hybridized carbons (Fsp3) is 0.364. The molecule has 2 amide bonds. The molecular formula is C22H27ClN2O3. The third-order valence-electron chi connectivity index (χ3n) is 4.21. The van der Waals surface area contributed by atoms with Crippen molar-refractivity contribution < 1.29 is 14.3 Å². The topological polar surface area (TPSA) is 67.4 Å². The lowest BCUT2D eigenvalue weighted by Crippen LogP contribution is -2.40. The first kappa shape index (κ1) is 21.8. The van der Waals surface area contributed by atoms with Crippen molar-refractivity contribution in [2.75, 3.05) is 13.1 Å². The second kappa shape index (κ2) is 9.60. The number of hydrogen-bond acceptors (Lipinski definition) is 3. The number of rotatable bonds is 7. The number of carbonyl (C=O) groups excluding carboxylic acids is 2. The molecule has 1 atom stereocenters. The molecule has 0 aromatic heterocycles. The Kier molecular flexibility index (Phi) is 7.46. The lowest BCUT2D eigenvalue weighted by Gasteiger charge is -2.21. The van der Waals surface area contributed by atoms with E-state index in [9.17, 15) is 9.59 Å². The van der Waals surface area contributed by atoms with Crippen LogP contribution in [0.5, 0.6) is 5.75 Å². The zero-order chi connectivity index (χ0) is 20.7. The van der Waals surface area contributed by atoms with Gasteiger partial charge in [-0.25, -0.2) is 0 Å². The highest BCUT2D eigenvalue weighted by molar-refractivity contribution is 6.33. The van der Waals surface area contributed by atoms with Crippen LogP contribution in [0.25, 0.3) is 0 Å². The van der Waals surface area contributed by atoms with E-state index in [1.54, 1.807) is 31.2 Å². The minimum Gasteiger partial charge on any atom is -0.481 e. The molecule has 1 unspecified atom stereocenters. The van der Waals surface area contributed by atoms with Gasteiger partial charge >= 0.3 is 0 Å². The molecule has 0 bridgehead atoms. The first-order valence-corrected chi connectivity index (χ1v) is 9.64. The number of benzene rings is 2. The Morgan fingerprint density at radius 1 is 1.04 bits per heavy atom. The third-order valence-corrected chi connectivity index (χ3v) is 4.54. The van der Waals surface area contributed by atoms with Gasteiger partial charge in [-0.15, -0.1) is 0 Å². The van der Waals surface area contributed by atoms with Crippen molar-refractivity contribution in [1.29, 1.82) is 0 Å². The monoisotopic (exact) mass is 402 g/mol. The van der Waals surface area contributed by atoms with Crippen LogP contribution in [0.1, 0.15) is 43.6 Å². The summed E-state index contributed by atoms with van der Waals surface area (Å²) in [7, 11) is 0. The second-order valence-electron chi connectivity index (χ2n) is 7.56. The number of halogens is 1. The van der Waals surface area contributed by atoms with E-state index in [0.29, 0.717) is 29.4 Å². The van der Waals surface area contributed by atoms with Gasteiger partial charge in [0.2, 0.25) is 0 Å². The van der Waals surface area contributed by atoms with Crippen molar-refractivity contribution >= 4 is 23.4 Å². The molecule has 28 heavy (non-hydrogen) atoms. The molecule has 150 valence electrons. The molecule has 6 heteroatoms. The molecule has 0 spiro atoms. The van der Waals surface area contributed by atoms with Crippen molar-refractivity contribution in [1.82, 2.24) is 10.6 Å². The van der Waals surface area contributed by atoms with Gasteiger partial charge in [0.05, 0.1) is 10.6 Å². The van der Waals surface area contributed by atoms with Gasteiger partial charge in [-0.3, -0.25) is 9.59 Å². The molecule has 0 fully saturated rings. The molecule has 0 radical (unpaired) electrons. The van der Waals surface area contributed by atoms with Crippen LogP contribution in [0.15, 0.2) is 48.5 Å². The number of carbonyl (C=O) groups is 2. The van der Waals surface area contributed by atoms with E-state index in [1.165, 1.54) is 0 Å². The summed E-state index contributed by atoms with van der Waals surface area (Å²) >= 11 is 5.99. The van der Waals surface area contributed by atoms with Crippen molar-refractivity contribution in [3.05, 3.63) is 64.7 Å². The van der Waals surface area contributed by atoms with Crippen LogP contribution in [-0.2, 0) is 10.2 Å². The van der Waals surface area contributed by atoms with Crippen molar-refractivity contribution in [2.24, 2.45) is 0 Å². The van der Waals surface area contributed by atoms with E-state index in [1.807, 2.05) is 24.3 Å². The van der Waals surface area contributed by atoms with Crippen LogP contribution in [-0.4, -0.2) is 31.0 Å². The lowest BCUT2D eigenvalue weighted by molar-refractivity contribution is -0.127. The van der Waals surface area contributed by atoms with E-state index in [-0.39, 0.29) is 17.2 Å². The van der Waals surface area contributed by atoms with Crippen LogP contribution in [0, 0.1) is 0 Å². The predicted octanol–water partition coefficient (Wildman–Crippen LogP) is 3.95. The Hall–Kier alpha value is -2.53. The molecule has 2 N–H and O–H groups in total. The molecule has 2 aromatic carbocycles. The van der Waals surface area contributed by atoms with Crippen molar-refractivity contribution in [2.45, 2.75) is 39.2 Å². The van der Waals surface area contributed by atoms with Crippen LogP contribution in [0.3, 0.4) is 0 Å². The van der Waals surface area contributed by atoms with Gasteiger partial charge in [-0.05, 0) is 42.2 Å². The molecule has 0 saturated heterocycles. The summed E-state index contributed by atoms with van der Waals surface area (Å²) in [6, 6.07) is 14.6. The van der Waals surface area contributed by atoms with Gasteiger partial charge in [-0.1, -0.05) is 56.6 Å². The zero-order valence-electron chi connectivity index (χ0n) is 16.7. The Bertz CT molecular complexity index is 831. The smallest absolute Gasteiger partial charge is 0.260 e. The van der Waals surface area contributed by atoms with E-state index in [2.05, 4.69) is 31.4 Å². The van der Waals surface area contributed by atoms with E-state index in [0.717, 1.165) is 5.56 Å². The number of nitrogens with one attached hydrogen (secondary N) is 2. The maximum atomic E-state index is 12.2. The average molecular weight is 403 g/mol. The van der Waals surface area contributed by atoms with Crippen LogP contribution in [0.2, 0.25) is 5.02 Å². The van der Waals surface area contributed by atoms with Crippen LogP contribution in [0.4, 0.5) is 0 Å². The standard InChI is InChI=1S/C22H27ClN2O3/c1-15(28-17-9-7-8-16(14-17)22(2,3)4)20(26)24-12-13-25-21(27)18-10-5-6-11-19(18)23/h5-11,14-15H,12-13H2,1-4H3,(H,24,26)(H,25,27). The molecular weight excluding hydrogens is 376 g/mol. The van der Waals surface area contributed by atoms with Crippen molar-refractivity contribution in [3.63, 3.8) is 0 Å². The van der Waals surface area contributed by atoms with Gasteiger partial charge in [0.25, 0.3) is 11.8 Å². The van der Waals surface area contributed by atoms with E-state index >= 15 is 0 Å². The molecule has 0 aliphatic carbocycles. The van der Waals surface area contributed by atoms with E-state index < -0.39 is 6.10 Å².